The molecule has 120 valence electrons. The van der Waals surface area contributed by atoms with Gasteiger partial charge >= 0.3 is 29.8 Å². The van der Waals surface area contributed by atoms with Gasteiger partial charge in [-0.05, 0) is 6.92 Å². The summed E-state index contributed by atoms with van der Waals surface area (Å²) in [6.07, 6.45) is -1.97. The monoisotopic (exact) mass is 310 g/mol. The van der Waals surface area contributed by atoms with E-state index in [1.54, 1.807) is 0 Å². The van der Waals surface area contributed by atoms with Crippen LogP contribution in [0.15, 0.2) is 0 Å². The van der Waals surface area contributed by atoms with Crippen molar-refractivity contribution in [3.63, 3.8) is 0 Å². The first kappa shape index (κ1) is 23.1. The largest absolute Gasteiger partial charge is 0.481 e. The van der Waals surface area contributed by atoms with Crippen LogP contribution in [0.2, 0.25) is 0 Å². The zero-order chi connectivity index (χ0) is 17.6. The number of aliphatic carboxylic acids is 5. The van der Waals surface area contributed by atoms with Crippen LogP contribution in [0.3, 0.4) is 0 Å². The van der Waals surface area contributed by atoms with Gasteiger partial charge < -0.3 is 25.5 Å². The predicted molar refractivity (Wildman–Crippen MR) is 62.7 cm³/mol. The summed E-state index contributed by atoms with van der Waals surface area (Å²) in [5, 5.41) is 38.7. The highest BCUT2D eigenvalue weighted by molar-refractivity contribution is 5.93. The average Bonchev–Trinajstić information content (AvgIpc) is 2.10. The predicted octanol–water partition coefficient (Wildman–Crippen LogP) is -0.858. The van der Waals surface area contributed by atoms with Crippen molar-refractivity contribution in [1.82, 2.24) is 0 Å². The van der Waals surface area contributed by atoms with Crippen molar-refractivity contribution >= 4 is 35.6 Å². The molecule has 0 heterocycles. The lowest BCUT2D eigenvalue weighted by atomic mass is 10.3. The summed E-state index contributed by atoms with van der Waals surface area (Å²) in [5.74, 6) is -6.62. The standard InChI is InChI=1S/C4H6O3.2C3H4O4/c1-3(5)2-4(6)7;2*4-2(5)1-3(6)7/h2H2,1H3,(H,6,7);2*1H2,(H,4,5)(H,6,7). The van der Waals surface area contributed by atoms with Crippen molar-refractivity contribution in [3.8, 4) is 0 Å². The van der Waals surface area contributed by atoms with Crippen LogP contribution in [0.1, 0.15) is 26.2 Å². The van der Waals surface area contributed by atoms with Crippen molar-refractivity contribution in [3.05, 3.63) is 0 Å². The highest BCUT2D eigenvalue weighted by Crippen LogP contribution is 1.77. The van der Waals surface area contributed by atoms with Crippen molar-refractivity contribution in [2.24, 2.45) is 0 Å². The van der Waals surface area contributed by atoms with E-state index < -0.39 is 42.7 Å². The summed E-state index contributed by atoms with van der Waals surface area (Å²) >= 11 is 0. The Balaban J connectivity index is -0.000000231. The number of carboxylic acids is 5. The Morgan fingerprint density at radius 3 is 0.714 bits per heavy atom. The second kappa shape index (κ2) is 13.5. The van der Waals surface area contributed by atoms with Crippen LogP contribution < -0.4 is 0 Å². The molecule has 0 aliphatic rings. The third-order valence-electron chi connectivity index (χ3n) is 1.01. The minimum atomic E-state index is -1.31. The van der Waals surface area contributed by atoms with Crippen LogP contribution in [0.4, 0.5) is 0 Å². The lowest BCUT2D eigenvalue weighted by Gasteiger charge is -1.80. The fourth-order valence-electron chi connectivity index (χ4n) is 0.472. The molecule has 0 bridgehead atoms. The molecule has 21 heavy (non-hydrogen) atoms. The molecule has 0 aliphatic heterocycles. The molecule has 0 aromatic rings. The van der Waals surface area contributed by atoms with E-state index in [-0.39, 0.29) is 12.2 Å². The molecule has 0 radical (unpaired) electrons. The van der Waals surface area contributed by atoms with E-state index in [2.05, 4.69) is 0 Å². The Morgan fingerprint density at radius 2 is 0.714 bits per heavy atom. The molecular formula is C10H14O11. The lowest BCUT2D eigenvalue weighted by Crippen LogP contribution is -2.03. The number of carboxylic acid groups (broad SMARTS) is 5. The quantitative estimate of drug-likeness (QED) is 0.381. The summed E-state index contributed by atoms with van der Waals surface area (Å²) < 4.78 is 0. The second-order valence-electron chi connectivity index (χ2n) is 3.20. The number of Topliss-reactive ketones (excluding diaryl/α,β-unsaturated/α-hetero) is 1. The van der Waals surface area contributed by atoms with Gasteiger partial charge in [-0.3, -0.25) is 28.8 Å². The Bertz CT molecular complexity index is 311. The highest BCUT2D eigenvalue weighted by Gasteiger charge is 2.02. The van der Waals surface area contributed by atoms with E-state index in [1.807, 2.05) is 0 Å². The van der Waals surface area contributed by atoms with E-state index in [4.69, 9.17) is 25.5 Å². The van der Waals surface area contributed by atoms with Gasteiger partial charge in [-0.15, -0.1) is 0 Å². The number of hydrogen-bond donors (Lipinski definition) is 5. The van der Waals surface area contributed by atoms with E-state index in [0.29, 0.717) is 0 Å². The van der Waals surface area contributed by atoms with Gasteiger partial charge in [0.1, 0.15) is 25.0 Å². The average molecular weight is 310 g/mol. The Labute approximate surface area is 117 Å². The number of ketones is 1. The Morgan fingerprint density at radius 1 is 0.524 bits per heavy atom. The van der Waals surface area contributed by atoms with Crippen LogP contribution in [0.25, 0.3) is 0 Å². The summed E-state index contributed by atoms with van der Waals surface area (Å²) in [4.78, 5) is 57.2. The summed E-state index contributed by atoms with van der Waals surface area (Å²) in [6, 6.07) is 0. The number of rotatable bonds is 6. The molecule has 0 spiro atoms. The molecule has 0 aromatic heterocycles. The third-order valence-corrected chi connectivity index (χ3v) is 1.01. The first-order valence-electron chi connectivity index (χ1n) is 4.96. The molecule has 0 aromatic carbocycles. The molecule has 11 nitrogen and oxygen atoms in total. The SMILES string of the molecule is CC(=O)CC(=O)O.O=C(O)CC(=O)O.O=C(O)CC(=O)O. The van der Waals surface area contributed by atoms with Crippen molar-refractivity contribution in [2.75, 3.05) is 0 Å². The first-order chi connectivity index (χ1) is 9.38. The zero-order valence-electron chi connectivity index (χ0n) is 10.8. The summed E-state index contributed by atoms with van der Waals surface area (Å²) in [7, 11) is 0. The van der Waals surface area contributed by atoms with E-state index >= 15 is 0 Å². The third kappa shape index (κ3) is 47.2. The fourth-order valence-corrected chi connectivity index (χ4v) is 0.472. The normalized spacial score (nSPS) is 8.05. The highest BCUT2D eigenvalue weighted by atomic mass is 16.4. The molecular weight excluding hydrogens is 296 g/mol. The minimum Gasteiger partial charge on any atom is -0.481 e. The van der Waals surface area contributed by atoms with Crippen LogP contribution in [-0.2, 0) is 28.8 Å². The van der Waals surface area contributed by atoms with Crippen LogP contribution in [0, 0.1) is 0 Å². The van der Waals surface area contributed by atoms with E-state index in [1.165, 1.54) is 6.92 Å². The molecule has 0 rings (SSSR count). The van der Waals surface area contributed by atoms with Crippen molar-refractivity contribution < 1.29 is 54.3 Å². The summed E-state index contributed by atoms with van der Waals surface area (Å²) in [6.45, 7) is 1.24. The molecule has 0 fully saturated rings. The van der Waals surface area contributed by atoms with Gasteiger partial charge in [0.05, 0.1) is 0 Å². The Kier molecular flexibility index (Phi) is 14.8. The first-order valence-corrected chi connectivity index (χ1v) is 4.96. The molecule has 0 saturated heterocycles. The number of carbonyl (C=O) groups excluding carboxylic acids is 1. The van der Waals surface area contributed by atoms with Gasteiger partial charge in [-0.25, -0.2) is 0 Å². The molecule has 0 atom stereocenters. The van der Waals surface area contributed by atoms with Crippen LogP contribution >= 0.6 is 0 Å². The van der Waals surface area contributed by atoms with Crippen LogP contribution in [-0.4, -0.2) is 61.2 Å². The second-order valence-corrected chi connectivity index (χ2v) is 3.20. The van der Waals surface area contributed by atoms with Gasteiger partial charge in [0, 0.05) is 0 Å². The molecule has 11 heteroatoms. The maximum absolute atomic E-state index is 9.87. The van der Waals surface area contributed by atoms with E-state index in [9.17, 15) is 28.8 Å². The molecule has 0 unspecified atom stereocenters. The van der Waals surface area contributed by atoms with Crippen molar-refractivity contribution in [2.45, 2.75) is 26.2 Å². The van der Waals surface area contributed by atoms with Gasteiger partial charge in [-0.1, -0.05) is 0 Å². The van der Waals surface area contributed by atoms with Crippen molar-refractivity contribution in [1.29, 1.82) is 0 Å². The molecule has 0 saturated carbocycles. The van der Waals surface area contributed by atoms with Crippen LogP contribution in [0.5, 0.6) is 0 Å². The van der Waals surface area contributed by atoms with Gasteiger partial charge in [0.2, 0.25) is 0 Å². The van der Waals surface area contributed by atoms with Gasteiger partial charge in [0.15, 0.2) is 0 Å². The van der Waals surface area contributed by atoms with Gasteiger partial charge in [0.25, 0.3) is 0 Å². The Hall–Kier alpha value is -2.98. The fraction of sp³-hybridized carbons (Fsp3) is 0.400. The lowest BCUT2D eigenvalue weighted by molar-refractivity contribution is -0.149. The molecule has 5 N–H and O–H groups in total. The zero-order valence-corrected chi connectivity index (χ0v) is 10.8. The maximum Gasteiger partial charge on any atom is 0.314 e. The van der Waals surface area contributed by atoms with Gasteiger partial charge in [-0.2, -0.15) is 0 Å². The molecule has 0 aliphatic carbocycles. The minimum absolute atomic E-state index is 0.312. The molecule has 0 amide bonds. The number of carbonyl (C=O) groups is 6. The topological polar surface area (TPSA) is 204 Å². The smallest absolute Gasteiger partial charge is 0.314 e. The number of hydrogen-bond acceptors (Lipinski definition) is 6. The maximum atomic E-state index is 9.87. The summed E-state index contributed by atoms with van der Waals surface area (Å²) in [5.41, 5.74) is 0. The van der Waals surface area contributed by atoms with E-state index in [0.717, 1.165) is 0 Å².